The van der Waals surface area contributed by atoms with Gasteiger partial charge in [0.2, 0.25) is 0 Å². The molecule has 1 amide bonds. The van der Waals surface area contributed by atoms with Crippen molar-refractivity contribution in [2.75, 3.05) is 5.32 Å². The number of anilines is 1. The van der Waals surface area contributed by atoms with E-state index in [0.717, 1.165) is 22.4 Å². The molecule has 0 aliphatic carbocycles. The number of rotatable bonds is 7. The zero-order valence-electron chi connectivity index (χ0n) is 16.9. The molecule has 2 heterocycles. The number of ether oxygens (including phenoxy) is 1. The van der Waals surface area contributed by atoms with E-state index >= 15 is 0 Å². The molecule has 0 radical (unpaired) electrons. The van der Waals surface area contributed by atoms with Crippen LogP contribution in [0.2, 0.25) is 15.1 Å². The molecule has 0 spiro atoms. The number of aryl methyl sites for hydroxylation is 1. The van der Waals surface area contributed by atoms with Gasteiger partial charge in [0.05, 0.1) is 21.5 Å². The molecule has 0 fully saturated rings. The Hall–Kier alpha value is -2.51. The van der Waals surface area contributed by atoms with E-state index < -0.39 is 0 Å². The number of thiophene rings is 1. The van der Waals surface area contributed by atoms with E-state index in [4.69, 9.17) is 39.5 Å². The highest BCUT2D eigenvalue weighted by molar-refractivity contribution is 7.12. The zero-order valence-corrected chi connectivity index (χ0v) is 20.0. The van der Waals surface area contributed by atoms with Gasteiger partial charge in [-0.05, 0) is 59.8 Å². The average molecular weight is 507 g/mol. The fraction of sp³-hybridized carbons (Fsp3) is 0.130. The van der Waals surface area contributed by atoms with E-state index in [0.29, 0.717) is 38.9 Å². The molecule has 1 N–H and O–H groups in total. The number of hydrogen-bond donors (Lipinski definition) is 1. The molecular formula is C23H18Cl3N3O2S. The molecule has 2 aromatic heterocycles. The summed E-state index contributed by atoms with van der Waals surface area (Å²) >= 11 is 19.4. The fourth-order valence-electron chi connectivity index (χ4n) is 3.03. The van der Waals surface area contributed by atoms with Crippen molar-refractivity contribution in [1.29, 1.82) is 0 Å². The van der Waals surface area contributed by atoms with Crippen LogP contribution in [-0.4, -0.2) is 15.7 Å². The van der Waals surface area contributed by atoms with Crippen molar-refractivity contribution < 1.29 is 9.53 Å². The maximum Gasteiger partial charge on any atom is 0.266 e. The number of halogens is 3. The number of hydrogen-bond acceptors (Lipinski definition) is 4. The van der Waals surface area contributed by atoms with E-state index in [-0.39, 0.29) is 5.91 Å². The van der Waals surface area contributed by atoms with Gasteiger partial charge in [-0.1, -0.05) is 40.9 Å². The molecule has 5 nitrogen and oxygen atoms in total. The second-order valence-electron chi connectivity index (χ2n) is 7.12. The van der Waals surface area contributed by atoms with Gasteiger partial charge in [-0.3, -0.25) is 9.48 Å². The summed E-state index contributed by atoms with van der Waals surface area (Å²) in [5.41, 5.74) is 2.83. The molecule has 0 saturated carbocycles. The average Bonchev–Trinajstić information content (AvgIpc) is 3.40. The van der Waals surface area contributed by atoms with E-state index in [1.165, 1.54) is 11.3 Å². The van der Waals surface area contributed by atoms with Crippen LogP contribution in [0.5, 0.6) is 5.75 Å². The van der Waals surface area contributed by atoms with Crippen LogP contribution < -0.4 is 10.1 Å². The summed E-state index contributed by atoms with van der Waals surface area (Å²) in [6, 6.07) is 14.5. The molecule has 4 rings (SSSR count). The monoisotopic (exact) mass is 505 g/mol. The van der Waals surface area contributed by atoms with Crippen LogP contribution >= 0.6 is 46.1 Å². The van der Waals surface area contributed by atoms with E-state index in [9.17, 15) is 4.79 Å². The molecule has 164 valence electrons. The maximum atomic E-state index is 12.6. The van der Waals surface area contributed by atoms with Gasteiger partial charge >= 0.3 is 0 Å². The summed E-state index contributed by atoms with van der Waals surface area (Å²) in [5, 5.41) is 10.8. The Balaban J connectivity index is 1.34. The summed E-state index contributed by atoms with van der Waals surface area (Å²) in [7, 11) is 0. The molecule has 0 saturated heterocycles. The van der Waals surface area contributed by atoms with E-state index in [2.05, 4.69) is 10.4 Å². The number of amides is 1. The molecule has 32 heavy (non-hydrogen) atoms. The first-order valence-corrected chi connectivity index (χ1v) is 11.6. The van der Waals surface area contributed by atoms with Gasteiger partial charge in [0, 0.05) is 22.8 Å². The topological polar surface area (TPSA) is 56.1 Å². The summed E-state index contributed by atoms with van der Waals surface area (Å²) in [6.07, 6.45) is 1.79. The van der Waals surface area contributed by atoms with Gasteiger partial charge in [0.25, 0.3) is 5.91 Å². The number of carbonyl (C=O) groups excluding carboxylic acids is 1. The quantitative estimate of drug-likeness (QED) is 0.291. The van der Waals surface area contributed by atoms with Gasteiger partial charge < -0.3 is 10.1 Å². The van der Waals surface area contributed by atoms with Crippen LogP contribution in [0.25, 0.3) is 0 Å². The first-order valence-electron chi connectivity index (χ1n) is 9.62. The van der Waals surface area contributed by atoms with Gasteiger partial charge in [0.15, 0.2) is 5.82 Å². The number of nitrogens with one attached hydrogen (secondary N) is 1. The molecule has 0 atom stereocenters. The fourth-order valence-corrected chi connectivity index (χ4v) is 4.36. The zero-order chi connectivity index (χ0) is 22.7. The Morgan fingerprint density at radius 3 is 2.69 bits per heavy atom. The Morgan fingerprint density at radius 2 is 1.91 bits per heavy atom. The highest BCUT2D eigenvalue weighted by atomic mass is 35.5. The lowest BCUT2D eigenvalue weighted by atomic mass is 10.2. The number of carbonyl (C=O) groups is 1. The van der Waals surface area contributed by atoms with Crippen LogP contribution in [0.1, 0.15) is 26.4 Å². The third-order valence-electron chi connectivity index (χ3n) is 4.62. The predicted molar refractivity (Wildman–Crippen MR) is 131 cm³/mol. The van der Waals surface area contributed by atoms with Crippen LogP contribution in [0.3, 0.4) is 0 Å². The molecule has 0 unspecified atom stereocenters. The molecule has 0 aliphatic heterocycles. The largest absolute Gasteiger partial charge is 0.489 e. The summed E-state index contributed by atoms with van der Waals surface area (Å²) in [5.74, 6) is 1.01. The minimum atomic E-state index is -0.219. The summed E-state index contributed by atoms with van der Waals surface area (Å²) in [6.45, 7) is 2.82. The summed E-state index contributed by atoms with van der Waals surface area (Å²) < 4.78 is 7.57. The third-order valence-corrected chi connectivity index (χ3v) is 6.57. The highest BCUT2D eigenvalue weighted by Crippen LogP contribution is 2.25. The highest BCUT2D eigenvalue weighted by Gasteiger charge is 2.12. The second-order valence-corrected chi connectivity index (χ2v) is 9.28. The first-order chi connectivity index (χ1) is 15.4. The molecule has 9 heteroatoms. The van der Waals surface area contributed by atoms with Crippen molar-refractivity contribution >= 4 is 57.9 Å². The van der Waals surface area contributed by atoms with E-state index in [1.807, 2.05) is 36.6 Å². The van der Waals surface area contributed by atoms with Gasteiger partial charge in [0.1, 0.15) is 12.4 Å². The lowest BCUT2D eigenvalue weighted by Gasteiger charge is -2.08. The SMILES string of the molecule is Cc1cc(Cl)ccc1OCc1csc(C(=O)Nc2ccn(Cc3ccc(Cl)c(Cl)c3)n2)c1. The van der Waals surface area contributed by atoms with Gasteiger partial charge in [-0.25, -0.2) is 0 Å². The number of benzene rings is 2. The molecule has 0 bridgehead atoms. The van der Waals surface area contributed by atoms with Crippen molar-refractivity contribution in [2.45, 2.75) is 20.1 Å². The minimum absolute atomic E-state index is 0.219. The predicted octanol–water partition coefficient (Wildman–Crippen LogP) is 7.09. The minimum Gasteiger partial charge on any atom is -0.489 e. The van der Waals surface area contributed by atoms with Crippen LogP contribution in [0, 0.1) is 6.92 Å². The van der Waals surface area contributed by atoms with Crippen molar-refractivity contribution in [3.63, 3.8) is 0 Å². The van der Waals surface area contributed by atoms with Crippen molar-refractivity contribution in [2.24, 2.45) is 0 Å². The summed E-state index contributed by atoms with van der Waals surface area (Å²) in [4.78, 5) is 13.2. The standard InChI is InChI=1S/C23H18Cl3N3O2S/c1-14-8-17(24)3-5-20(14)31-12-16-10-21(32-13-16)23(30)27-22-6-7-29(28-22)11-15-2-4-18(25)19(26)9-15/h2-10,13H,11-12H2,1H3,(H,27,28,30). The van der Waals surface area contributed by atoms with Gasteiger partial charge in [-0.15, -0.1) is 11.3 Å². The Kier molecular flexibility index (Phi) is 7.06. The Morgan fingerprint density at radius 1 is 1.06 bits per heavy atom. The molecule has 2 aromatic carbocycles. The third kappa shape index (κ3) is 5.64. The molecular weight excluding hydrogens is 489 g/mol. The van der Waals surface area contributed by atoms with Crippen molar-refractivity contribution in [3.05, 3.63) is 96.7 Å². The van der Waals surface area contributed by atoms with Crippen LogP contribution in [-0.2, 0) is 13.2 Å². The van der Waals surface area contributed by atoms with Crippen LogP contribution in [0.15, 0.2) is 60.1 Å². The normalized spacial score (nSPS) is 10.9. The first kappa shape index (κ1) is 22.7. The van der Waals surface area contributed by atoms with Crippen LogP contribution in [0.4, 0.5) is 5.82 Å². The number of nitrogens with zero attached hydrogens (tertiary/aromatic N) is 2. The Labute approximate surface area is 204 Å². The van der Waals surface area contributed by atoms with Crippen molar-refractivity contribution in [1.82, 2.24) is 9.78 Å². The molecule has 4 aromatic rings. The maximum absolute atomic E-state index is 12.6. The Bertz CT molecular complexity index is 1270. The smallest absolute Gasteiger partial charge is 0.266 e. The van der Waals surface area contributed by atoms with E-state index in [1.54, 1.807) is 35.1 Å². The molecule has 0 aliphatic rings. The number of aromatic nitrogens is 2. The lowest BCUT2D eigenvalue weighted by molar-refractivity contribution is 0.103. The lowest BCUT2D eigenvalue weighted by Crippen LogP contribution is -2.11. The van der Waals surface area contributed by atoms with Crippen molar-refractivity contribution in [3.8, 4) is 5.75 Å². The van der Waals surface area contributed by atoms with Gasteiger partial charge in [-0.2, -0.15) is 5.10 Å². The second kappa shape index (κ2) is 9.96.